The highest BCUT2D eigenvalue weighted by atomic mass is 19.1. The highest BCUT2D eigenvalue weighted by Crippen LogP contribution is 2.44. The number of carbonyl (C=O) groups is 1. The lowest BCUT2D eigenvalue weighted by Gasteiger charge is -2.34. The molecule has 160 valence electrons. The monoisotopic (exact) mass is 419 g/mol. The number of aliphatic hydroxyl groups is 1. The van der Waals surface area contributed by atoms with Crippen LogP contribution in [0.15, 0.2) is 48.5 Å². The number of carbonyl (C=O) groups excluding carboxylic acids is 1. The summed E-state index contributed by atoms with van der Waals surface area (Å²) in [6, 6.07) is 13.0. The molecule has 2 unspecified atom stereocenters. The number of cyclic esters (lactones) is 1. The maximum absolute atomic E-state index is 13.7. The molecular formula is C26H26FNO3. The van der Waals surface area contributed by atoms with Gasteiger partial charge in [0.25, 0.3) is 0 Å². The van der Waals surface area contributed by atoms with E-state index in [1.54, 1.807) is 0 Å². The molecule has 0 saturated carbocycles. The van der Waals surface area contributed by atoms with Crippen LogP contribution in [0.25, 0.3) is 28.1 Å². The van der Waals surface area contributed by atoms with Crippen molar-refractivity contribution in [1.82, 2.24) is 4.57 Å². The fourth-order valence-electron chi connectivity index (χ4n) is 5.01. The maximum Gasteiger partial charge on any atom is 0.309 e. The highest BCUT2D eigenvalue weighted by molar-refractivity contribution is 6.02. The molecule has 0 aliphatic carbocycles. The number of aryl methyl sites for hydroxylation is 1. The molecular weight excluding hydrogens is 393 g/mol. The summed E-state index contributed by atoms with van der Waals surface area (Å²) in [6.07, 6.45) is 5.18. The van der Waals surface area contributed by atoms with Gasteiger partial charge in [-0.3, -0.25) is 4.79 Å². The number of esters is 1. The number of benzene rings is 2. The SMILES string of the molecule is CC1(C)CCc2cccc3c(-c4ccc(F)cc4)c(/C=C/C4CC(O)CC(=O)O4)n1c23. The molecule has 5 rings (SSSR count). The van der Waals surface area contributed by atoms with E-state index in [0.717, 1.165) is 35.0 Å². The summed E-state index contributed by atoms with van der Waals surface area (Å²) in [4.78, 5) is 11.8. The van der Waals surface area contributed by atoms with Crippen LogP contribution in [-0.2, 0) is 21.5 Å². The van der Waals surface area contributed by atoms with E-state index in [9.17, 15) is 14.3 Å². The Kier molecular flexibility index (Phi) is 4.74. The van der Waals surface area contributed by atoms with Crippen molar-refractivity contribution in [2.24, 2.45) is 0 Å². The Morgan fingerprint density at radius 1 is 1.19 bits per heavy atom. The van der Waals surface area contributed by atoms with Crippen molar-refractivity contribution in [3.05, 3.63) is 65.6 Å². The molecule has 3 aromatic rings. The summed E-state index contributed by atoms with van der Waals surface area (Å²) < 4.78 is 21.5. The van der Waals surface area contributed by atoms with Gasteiger partial charge in [0.15, 0.2) is 0 Å². The Balaban J connectivity index is 1.73. The molecule has 2 aliphatic rings. The van der Waals surface area contributed by atoms with Crippen molar-refractivity contribution in [2.75, 3.05) is 0 Å². The molecule has 0 bridgehead atoms. The summed E-state index contributed by atoms with van der Waals surface area (Å²) in [7, 11) is 0. The second kappa shape index (κ2) is 7.34. The van der Waals surface area contributed by atoms with Crippen LogP contribution in [0.4, 0.5) is 4.39 Å². The van der Waals surface area contributed by atoms with E-state index in [1.807, 2.05) is 24.3 Å². The number of nitrogens with zero attached hydrogens (tertiary/aromatic N) is 1. The summed E-state index contributed by atoms with van der Waals surface area (Å²) in [5.74, 6) is -0.644. The molecule has 1 fully saturated rings. The average Bonchev–Trinajstić information content (AvgIpc) is 3.06. The Morgan fingerprint density at radius 3 is 2.71 bits per heavy atom. The van der Waals surface area contributed by atoms with Crippen LogP contribution in [0.5, 0.6) is 0 Å². The smallest absolute Gasteiger partial charge is 0.309 e. The second-order valence-corrected chi connectivity index (χ2v) is 9.21. The number of hydrogen-bond acceptors (Lipinski definition) is 3. The summed E-state index contributed by atoms with van der Waals surface area (Å²) >= 11 is 0. The minimum absolute atomic E-state index is 0.0435. The quantitative estimate of drug-likeness (QED) is 0.593. The topological polar surface area (TPSA) is 51.5 Å². The molecule has 0 amide bonds. The molecule has 1 aromatic heterocycles. The molecule has 5 heteroatoms. The van der Waals surface area contributed by atoms with E-state index in [4.69, 9.17) is 4.74 Å². The average molecular weight is 419 g/mol. The van der Waals surface area contributed by atoms with Gasteiger partial charge in [0, 0.05) is 22.9 Å². The van der Waals surface area contributed by atoms with E-state index in [-0.39, 0.29) is 23.7 Å². The fraction of sp³-hybridized carbons (Fsp3) is 0.346. The van der Waals surface area contributed by atoms with Crippen LogP contribution >= 0.6 is 0 Å². The number of ether oxygens (including phenoxy) is 1. The minimum Gasteiger partial charge on any atom is -0.458 e. The molecule has 2 atom stereocenters. The Bertz CT molecular complexity index is 1190. The van der Waals surface area contributed by atoms with E-state index in [2.05, 4.69) is 36.6 Å². The molecule has 2 aliphatic heterocycles. The van der Waals surface area contributed by atoms with Gasteiger partial charge in [-0.25, -0.2) is 4.39 Å². The van der Waals surface area contributed by atoms with Gasteiger partial charge in [-0.15, -0.1) is 0 Å². The first-order valence-electron chi connectivity index (χ1n) is 10.8. The third-order valence-electron chi connectivity index (χ3n) is 6.51. The zero-order chi connectivity index (χ0) is 21.8. The van der Waals surface area contributed by atoms with Crippen LogP contribution in [0, 0.1) is 5.82 Å². The van der Waals surface area contributed by atoms with E-state index in [1.165, 1.54) is 23.2 Å². The Labute approximate surface area is 181 Å². The predicted molar refractivity (Wildman–Crippen MR) is 119 cm³/mol. The Morgan fingerprint density at radius 2 is 1.97 bits per heavy atom. The second-order valence-electron chi connectivity index (χ2n) is 9.21. The summed E-state index contributed by atoms with van der Waals surface area (Å²) in [6.45, 7) is 4.47. The van der Waals surface area contributed by atoms with Gasteiger partial charge in [0.1, 0.15) is 11.9 Å². The van der Waals surface area contributed by atoms with Gasteiger partial charge in [0.2, 0.25) is 0 Å². The van der Waals surface area contributed by atoms with Crippen LogP contribution in [0.1, 0.15) is 44.4 Å². The standard InChI is InChI=1S/C26H26FNO3/c1-26(2)13-12-17-4-3-5-21-24(16-6-8-18(27)9-7-16)22(28(26)25(17)21)11-10-20-14-19(29)15-23(30)31-20/h3-11,19-20,29H,12-15H2,1-2H3/b11-10+. The largest absolute Gasteiger partial charge is 0.458 e. The molecule has 0 radical (unpaired) electrons. The molecule has 31 heavy (non-hydrogen) atoms. The number of hydrogen-bond donors (Lipinski definition) is 1. The molecule has 2 aromatic carbocycles. The van der Waals surface area contributed by atoms with E-state index < -0.39 is 12.2 Å². The number of halogens is 1. The summed E-state index contributed by atoms with van der Waals surface area (Å²) in [5, 5.41) is 11.1. The van der Waals surface area contributed by atoms with Crippen LogP contribution in [0.3, 0.4) is 0 Å². The fourth-order valence-corrected chi connectivity index (χ4v) is 5.01. The molecule has 1 N–H and O–H groups in total. The van der Waals surface area contributed by atoms with Crippen molar-refractivity contribution in [3.8, 4) is 11.1 Å². The zero-order valence-corrected chi connectivity index (χ0v) is 17.8. The third kappa shape index (κ3) is 3.47. The zero-order valence-electron chi connectivity index (χ0n) is 17.8. The third-order valence-corrected chi connectivity index (χ3v) is 6.51. The number of aliphatic hydroxyl groups excluding tert-OH is 1. The molecule has 1 saturated heterocycles. The molecule has 0 spiro atoms. The van der Waals surface area contributed by atoms with Gasteiger partial charge in [-0.05, 0) is 62.1 Å². The van der Waals surface area contributed by atoms with Crippen molar-refractivity contribution in [1.29, 1.82) is 0 Å². The van der Waals surface area contributed by atoms with E-state index in [0.29, 0.717) is 6.42 Å². The van der Waals surface area contributed by atoms with Crippen LogP contribution in [0.2, 0.25) is 0 Å². The van der Waals surface area contributed by atoms with Gasteiger partial charge in [0.05, 0.1) is 23.7 Å². The predicted octanol–water partition coefficient (Wildman–Crippen LogP) is 5.21. The van der Waals surface area contributed by atoms with E-state index >= 15 is 0 Å². The van der Waals surface area contributed by atoms with Gasteiger partial charge >= 0.3 is 5.97 Å². The van der Waals surface area contributed by atoms with Gasteiger partial charge < -0.3 is 14.4 Å². The molecule has 4 nitrogen and oxygen atoms in total. The van der Waals surface area contributed by atoms with Gasteiger partial charge in [-0.2, -0.15) is 0 Å². The lowest BCUT2D eigenvalue weighted by atomic mass is 9.90. The Hall–Kier alpha value is -2.92. The first-order valence-corrected chi connectivity index (χ1v) is 10.8. The normalized spacial score (nSPS) is 22.8. The van der Waals surface area contributed by atoms with Gasteiger partial charge in [-0.1, -0.05) is 30.3 Å². The van der Waals surface area contributed by atoms with Crippen molar-refractivity contribution >= 4 is 22.9 Å². The van der Waals surface area contributed by atoms with Crippen LogP contribution in [-0.4, -0.2) is 27.9 Å². The number of aromatic nitrogens is 1. The summed E-state index contributed by atoms with van der Waals surface area (Å²) in [5.41, 5.74) is 5.41. The first kappa shape index (κ1) is 20.0. The lowest BCUT2D eigenvalue weighted by Crippen LogP contribution is -2.32. The van der Waals surface area contributed by atoms with Crippen molar-refractivity contribution in [2.45, 2.75) is 57.3 Å². The van der Waals surface area contributed by atoms with Crippen molar-refractivity contribution in [3.63, 3.8) is 0 Å². The lowest BCUT2D eigenvalue weighted by molar-refractivity contribution is -0.156. The number of para-hydroxylation sites is 1. The van der Waals surface area contributed by atoms with Crippen molar-refractivity contribution < 1.29 is 19.0 Å². The maximum atomic E-state index is 13.7. The first-order chi connectivity index (χ1) is 14.8. The molecule has 3 heterocycles. The van der Waals surface area contributed by atoms with Crippen LogP contribution < -0.4 is 0 Å². The number of rotatable bonds is 3. The highest BCUT2D eigenvalue weighted by Gasteiger charge is 2.33. The minimum atomic E-state index is -0.680.